The number of Topliss-reactive ketones (excluding diaryl/α,β-unsaturated/α-hetero) is 1. The van der Waals surface area contributed by atoms with Crippen molar-refractivity contribution in [1.82, 2.24) is 4.90 Å². The van der Waals surface area contributed by atoms with Crippen molar-refractivity contribution in [3.63, 3.8) is 0 Å². The van der Waals surface area contributed by atoms with Gasteiger partial charge in [-0.15, -0.1) is 0 Å². The van der Waals surface area contributed by atoms with Crippen LogP contribution in [-0.2, 0) is 9.53 Å². The maximum absolute atomic E-state index is 12.9. The Morgan fingerprint density at radius 3 is 2.08 bits per heavy atom. The molecule has 0 bridgehead atoms. The van der Waals surface area contributed by atoms with Gasteiger partial charge in [0.15, 0.2) is 12.4 Å². The van der Waals surface area contributed by atoms with Gasteiger partial charge >= 0.3 is 11.9 Å². The fourth-order valence-electron chi connectivity index (χ4n) is 3.82. The molecule has 1 atom stereocenters. The van der Waals surface area contributed by atoms with Gasteiger partial charge in [-0.2, -0.15) is 0 Å². The van der Waals surface area contributed by atoms with Crippen LogP contribution in [0.5, 0.6) is 5.75 Å². The van der Waals surface area contributed by atoms with E-state index in [4.69, 9.17) is 13.9 Å². The van der Waals surface area contributed by atoms with Gasteiger partial charge in [-0.05, 0) is 60.9 Å². The SMILES string of the molecule is CC(C)CC(C(=O)OCC(=O)c1ccc(OC(=O)c2ccco2)cc1)N1C(=O)c2ccccc2C1=O. The van der Waals surface area contributed by atoms with Gasteiger partial charge in [-0.1, -0.05) is 26.0 Å². The molecule has 0 N–H and O–H groups in total. The van der Waals surface area contributed by atoms with Crippen molar-refractivity contribution in [2.45, 2.75) is 26.3 Å². The minimum Gasteiger partial charge on any atom is -0.457 e. The smallest absolute Gasteiger partial charge is 0.379 e. The molecule has 1 aromatic heterocycles. The number of hydrogen-bond donors (Lipinski definition) is 0. The van der Waals surface area contributed by atoms with Crippen LogP contribution in [-0.4, -0.2) is 47.1 Å². The number of rotatable bonds is 9. The first kappa shape index (κ1) is 24.6. The molecule has 1 aliphatic rings. The zero-order valence-corrected chi connectivity index (χ0v) is 19.6. The van der Waals surface area contributed by atoms with Gasteiger partial charge in [-0.3, -0.25) is 19.3 Å². The highest BCUT2D eigenvalue weighted by Gasteiger charge is 2.43. The summed E-state index contributed by atoms with van der Waals surface area (Å²) in [6.45, 7) is 3.12. The summed E-state index contributed by atoms with van der Waals surface area (Å²) in [5.41, 5.74) is 0.683. The highest BCUT2D eigenvalue weighted by Crippen LogP contribution is 2.27. The first-order valence-corrected chi connectivity index (χ1v) is 11.3. The lowest BCUT2D eigenvalue weighted by molar-refractivity contribution is -0.147. The Balaban J connectivity index is 1.40. The standard InChI is InChI=1S/C27H23NO8/c1-16(2)14-21(28-24(30)19-6-3-4-7-20(19)25(28)31)26(32)35-15-22(29)17-9-11-18(12-10-17)36-27(33)23-8-5-13-34-23/h3-13,16,21H,14-15H2,1-2H3. The molecule has 1 unspecified atom stereocenters. The van der Waals surface area contributed by atoms with Gasteiger partial charge in [0.2, 0.25) is 5.76 Å². The summed E-state index contributed by atoms with van der Waals surface area (Å²) < 4.78 is 15.4. The van der Waals surface area contributed by atoms with E-state index in [2.05, 4.69) is 0 Å². The summed E-state index contributed by atoms with van der Waals surface area (Å²) in [7, 11) is 0. The van der Waals surface area contributed by atoms with Crippen LogP contribution < -0.4 is 4.74 Å². The minimum absolute atomic E-state index is 0.0287. The van der Waals surface area contributed by atoms with Crippen LogP contribution in [0.3, 0.4) is 0 Å². The van der Waals surface area contributed by atoms with Crippen LogP contribution in [0, 0.1) is 5.92 Å². The van der Waals surface area contributed by atoms with E-state index in [1.165, 1.54) is 48.7 Å². The number of carbonyl (C=O) groups excluding carboxylic acids is 5. The number of nitrogens with zero attached hydrogens (tertiary/aromatic N) is 1. The molecule has 0 spiro atoms. The van der Waals surface area contributed by atoms with Crippen molar-refractivity contribution in [1.29, 1.82) is 0 Å². The number of furan rings is 1. The van der Waals surface area contributed by atoms with E-state index in [0.29, 0.717) is 0 Å². The van der Waals surface area contributed by atoms with Crippen LogP contribution in [0.4, 0.5) is 0 Å². The number of ketones is 1. The van der Waals surface area contributed by atoms with Gasteiger partial charge in [0.05, 0.1) is 17.4 Å². The zero-order chi connectivity index (χ0) is 25.8. The Bertz CT molecular complexity index is 1270. The molecule has 0 saturated heterocycles. The third-order valence-electron chi connectivity index (χ3n) is 5.56. The van der Waals surface area contributed by atoms with Crippen molar-refractivity contribution in [3.8, 4) is 5.75 Å². The number of ether oxygens (including phenoxy) is 2. The van der Waals surface area contributed by atoms with E-state index < -0.39 is 42.2 Å². The third-order valence-corrected chi connectivity index (χ3v) is 5.56. The fourth-order valence-corrected chi connectivity index (χ4v) is 3.82. The fraction of sp³-hybridized carbons (Fsp3) is 0.222. The van der Waals surface area contributed by atoms with Crippen LogP contribution >= 0.6 is 0 Å². The summed E-state index contributed by atoms with van der Waals surface area (Å²) >= 11 is 0. The Morgan fingerprint density at radius 1 is 0.889 bits per heavy atom. The molecule has 184 valence electrons. The maximum atomic E-state index is 12.9. The summed E-state index contributed by atoms with van der Waals surface area (Å²) in [5.74, 6) is -2.94. The summed E-state index contributed by atoms with van der Waals surface area (Å²) in [6.07, 6.45) is 1.54. The van der Waals surface area contributed by atoms with Gasteiger partial charge in [0.1, 0.15) is 11.8 Å². The molecule has 0 saturated carbocycles. The van der Waals surface area contributed by atoms with Crippen LogP contribution in [0.1, 0.15) is 61.9 Å². The molecule has 2 heterocycles. The summed E-state index contributed by atoms with van der Waals surface area (Å²) in [4.78, 5) is 64.1. The van der Waals surface area contributed by atoms with Crippen molar-refractivity contribution < 1.29 is 37.9 Å². The molecular formula is C27H23NO8. The van der Waals surface area contributed by atoms with Crippen LogP contribution in [0.2, 0.25) is 0 Å². The third kappa shape index (κ3) is 5.10. The highest BCUT2D eigenvalue weighted by molar-refractivity contribution is 6.22. The molecule has 0 radical (unpaired) electrons. The van der Waals surface area contributed by atoms with E-state index in [9.17, 15) is 24.0 Å². The molecule has 0 aliphatic carbocycles. The number of carbonyl (C=O) groups is 5. The number of imide groups is 1. The molecule has 2 aromatic carbocycles. The first-order chi connectivity index (χ1) is 17.3. The molecule has 9 nitrogen and oxygen atoms in total. The monoisotopic (exact) mass is 489 g/mol. The number of fused-ring (bicyclic) bond motifs is 1. The van der Waals surface area contributed by atoms with Crippen LogP contribution in [0.25, 0.3) is 0 Å². The van der Waals surface area contributed by atoms with Crippen molar-refractivity contribution >= 4 is 29.5 Å². The first-order valence-electron chi connectivity index (χ1n) is 11.3. The number of amides is 2. The lowest BCUT2D eigenvalue weighted by atomic mass is 10.0. The predicted molar refractivity (Wildman–Crippen MR) is 126 cm³/mol. The Labute approximate surface area is 206 Å². The van der Waals surface area contributed by atoms with Crippen molar-refractivity contribution in [2.75, 3.05) is 6.61 Å². The molecule has 3 aromatic rings. The zero-order valence-electron chi connectivity index (χ0n) is 19.6. The summed E-state index contributed by atoms with van der Waals surface area (Å²) in [5, 5.41) is 0. The van der Waals surface area contributed by atoms with E-state index in [1.54, 1.807) is 18.2 Å². The van der Waals surface area contributed by atoms with E-state index in [-0.39, 0.29) is 40.5 Å². The normalized spacial score (nSPS) is 13.5. The molecule has 36 heavy (non-hydrogen) atoms. The predicted octanol–water partition coefficient (Wildman–Crippen LogP) is 3.94. The van der Waals surface area contributed by atoms with E-state index in [1.807, 2.05) is 13.8 Å². The van der Waals surface area contributed by atoms with Crippen molar-refractivity contribution in [2.24, 2.45) is 5.92 Å². The molecule has 9 heteroatoms. The Morgan fingerprint density at radius 2 is 1.53 bits per heavy atom. The lowest BCUT2D eigenvalue weighted by Gasteiger charge is -2.25. The number of esters is 2. The largest absolute Gasteiger partial charge is 0.457 e. The van der Waals surface area contributed by atoms with E-state index >= 15 is 0 Å². The van der Waals surface area contributed by atoms with E-state index in [0.717, 1.165) is 4.90 Å². The molecule has 0 fully saturated rings. The average Bonchev–Trinajstić information content (AvgIpc) is 3.49. The Hall–Kier alpha value is -4.53. The van der Waals surface area contributed by atoms with Crippen LogP contribution in [0.15, 0.2) is 71.3 Å². The molecular weight excluding hydrogens is 466 g/mol. The van der Waals surface area contributed by atoms with Gasteiger partial charge in [0.25, 0.3) is 11.8 Å². The average molecular weight is 489 g/mol. The van der Waals surface area contributed by atoms with Gasteiger partial charge < -0.3 is 13.9 Å². The second-order valence-electron chi connectivity index (χ2n) is 8.59. The topological polar surface area (TPSA) is 120 Å². The quantitative estimate of drug-likeness (QED) is 0.192. The molecule has 4 rings (SSSR count). The second-order valence-corrected chi connectivity index (χ2v) is 8.59. The second kappa shape index (κ2) is 10.4. The van der Waals surface area contributed by atoms with Crippen molar-refractivity contribution in [3.05, 3.63) is 89.4 Å². The number of hydrogen-bond acceptors (Lipinski definition) is 8. The molecule has 2 amide bonds. The Kier molecular flexibility index (Phi) is 7.10. The minimum atomic E-state index is -1.16. The maximum Gasteiger partial charge on any atom is 0.379 e. The number of benzene rings is 2. The summed E-state index contributed by atoms with van der Waals surface area (Å²) in [6, 6.07) is 13.9. The lowest BCUT2D eigenvalue weighted by Crippen LogP contribution is -2.46. The van der Waals surface area contributed by atoms with Gasteiger partial charge in [0, 0.05) is 5.56 Å². The highest BCUT2D eigenvalue weighted by atomic mass is 16.5. The van der Waals surface area contributed by atoms with Gasteiger partial charge in [-0.25, -0.2) is 9.59 Å². The molecule has 1 aliphatic heterocycles.